The molecule has 1 fully saturated rings. The topological polar surface area (TPSA) is 12.5 Å². The number of thioether (sulfide) groups is 1. The fraction of sp³-hybridized carbons (Fsp3) is 1.00. The molecule has 2 nitrogen and oxygen atoms in total. The van der Waals surface area contributed by atoms with E-state index in [-0.39, 0.29) is 11.7 Å². The Morgan fingerprint density at radius 1 is 1.50 bits per heavy atom. The molecule has 1 unspecified atom stereocenters. The average Bonchev–Trinajstić information content (AvgIpc) is 2.22. The second kappa shape index (κ2) is 7.10. The molecule has 4 heteroatoms. The van der Waals surface area contributed by atoms with Crippen LogP contribution in [0, 0.1) is 0 Å². The van der Waals surface area contributed by atoms with Crippen LogP contribution in [0.3, 0.4) is 0 Å². The van der Waals surface area contributed by atoms with Crippen LogP contribution in [0.15, 0.2) is 0 Å². The Bertz CT molecular complexity index is 201. The number of morpholine rings is 1. The summed E-state index contributed by atoms with van der Waals surface area (Å²) < 4.78 is 5.90. The predicted octanol–water partition coefficient (Wildman–Crippen LogP) is 2.85. The lowest BCUT2D eigenvalue weighted by atomic mass is 10.1. The molecule has 1 atom stereocenters. The molecule has 0 radical (unpaired) electrons. The van der Waals surface area contributed by atoms with Crippen molar-refractivity contribution in [1.82, 2.24) is 4.90 Å². The SMILES string of the molecule is CCSCCCN1CC(CCl)OC(C)(C)C1. The molecule has 1 saturated heterocycles. The van der Waals surface area contributed by atoms with Crippen LogP contribution in [0.4, 0.5) is 0 Å². The number of ether oxygens (including phenoxy) is 1. The highest BCUT2D eigenvalue weighted by Gasteiger charge is 2.32. The first kappa shape index (κ1) is 14.6. The minimum Gasteiger partial charge on any atom is -0.368 e. The van der Waals surface area contributed by atoms with Crippen LogP contribution in [0.25, 0.3) is 0 Å². The highest BCUT2D eigenvalue weighted by atomic mass is 35.5. The molecule has 1 heterocycles. The van der Waals surface area contributed by atoms with E-state index in [1.807, 2.05) is 11.8 Å². The van der Waals surface area contributed by atoms with E-state index in [9.17, 15) is 0 Å². The van der Waals surface area contributed by atoms with Gasteiger partial charge in [-0.25, -0.2) is 0 Å². The summed E-state index contributed by atoms with van der Waals surface area (Å²) in [6, 6.07) is 0. The maximum atomic E-state index is 5.90. The lowest BCUT2D eigenvalue weighted by Gasteiger charge is -2.42. The van der Waals surface area contributed by atoms with Crippen molar-refractivity contribution >= 4 is 23.4 Å². The summed E-state index contributed by atoms with van der Waals surface area (Å²) >= 11 is 7.92. The van der Waals surface area contributed by atoms with Crippen LogP contribution in [0.5, 0.6) is 0 Å². The zero-order valence-corrected chi connectivity index (χ0v) is 12.2. The van der Waals surface area contributed by atoms with Gasteiger partial charge in [-0.3, -0.25) is 4.90 Å². The number of halogens is 1. The van der Waals surface area contributed by atoms with Crippen LogP contribution in [0.1, 0.15) is 27.2 Å². The van der Waals surface area contributed by atoms with Gasteiger partial charge in [0.25, 0.3) is 0 Å². The fourth-order valence-electron chi connectivity index (χ4n) is 2.20. The molecule has 0 aliphatic carbocycles. The first-order valence-electron chi connectivity index (χ1n) is 6.11. The van der Waals surface area contributed by atoms with E-state index in [4.69, 9.17) is 16.3 Å². The van der Waals surface area contributed by atoms with Gasteiger partial charge in [0.15, 0.2) is 0 Å². The minimum atomic E-state index is -0.0459. The van der Waals surface area contributed by atoms with E-state index >= 15 is 0 Å². The zero-order chi connectivity index (χ0) is 12.0. The Morgan fingerprint density at radius 2 is 2.25 bits per heavy atom. The van der Waals surface area contributed by atoms with Crippen molar-refractivity contribution in [3.8, 4) is 0 Å². The smallest absolute Gasteiger partial charge is 0.0844 e. The third-order valence-corrected chi connectivity index (χ3v) is 4.02. The molecule has 0 aromatic carbocycles. The Kier molecular flexibility index (Phi) is 6.48. The van der Waals surface area contributed by atoms with Gasteiger partial charge in [-0.2, -0.15) is 11.8 Å². The van der Waals surface area contributed by atoms with Crippen molar-refractivity contribution in [1.29, 1.82) is 0 Å². The van der Waals surface area contributed by atoms with Crippen molar-refractivity contribution in [2.45, 2.75) is 38.9 Å². The summed E-state index contributed by atoms with van der Waals surface area (Å²) in [5, 5.41) is 0. The summed E-state index contributed by atoms with van der Waals surface area (Å²) in [5.41, 5.74) is -0.0459. The number of hydrogen-bond acceptors (Lipinski definition) is 3. The van der Waals surface area contributed by atoms with Crippen molar-refractivity contribution in [3.63, 3.8) is 0 Å². The number of nitrogens with zero attached hydrogens (tertiary/aromatic N) is 1. The lowest BCUT2D eigenvalue weighted by Crippen LogP contribution is -2.53. The maximum absolute atomic E-state index is 5.90. The highest BCUT2D eigenvalue weighted by Crippen LogP contribution is 2.21. The second-order valence-electron chi connectivity index (χ2n) is 4.94. The third kappa shape index (κ3) is 5.26. The van der Waals surface area contributed by atoms with Gasteiger partial charge in [-0.05, 0) is 38.3 Å². The minimum absolute atomic E-state index is 0.0459. The molecule has 0 aromatic rings. The molecule has 1 aliphatic heterocycles. The van der Waals surface area contributed by atoms with E-state index in [1.54, 1.807) is 0 Å². The van der Waals surface area contributed by atoms with Crippen LogP contribution in [-0.2, 0) is 4.74 Å². The quantitative estimate of drug-likeness (QED) is 0.541. The Hall–Kier alpha value is 0.560. The van der Waals surface area contributed by atoms with E-state index in [0.29, 0.717) is 5.88 Å². The molecular weight excluding hydrogens is 242 g/mol. The summed E-state index contributed by atoms with van der Waals surface area (Å²) in [5.74, 6) is 3.09. The largest absolute Gasteiger partial charge is 0.368 e. The molecule has 96 valence electrons. The van der Waals surface area contributed by atoms with Crippen LogP contribution in [-0.4, -0.2) is 53.6 Å². The highest BCUT2D eigenvalue weighted by molar-refractivity contribution is 7.99. The Labute approximate surface area is 109 Å². The molecule has 0 spiro atoms. The van der Waals surface area contributed by atoms with Gasteiger partial charge in [0.1, 0.15) is 0 Å². The Balaban J connectivity index is 2.29. The summed E-state index contributed by atoms with van der Waals surface area (Å²) in [6.45, 7) is 9.71. The van der Waals surface area contributed by atoms with Crippen molar-refractivity contribution < 1.29 is 4.74 Å². The molecule has 0 N–H and O–H groups in total. The van der Waals surface area contributed by atoms with Gasteiger partial charge in [0.05, 0.1) is 11.7 Å². The lowest BCUT2D eigenvalue weighted by molar-refractivity contribution is -0.127. The molecular formula is C12H24ClNOS. The maximum Gasteiger partial charge on any atom is 0.0844 e. The molecule has 1 rings (SSSR count). The summed E-state index contributed by atoms with van der Waals surface area (Å²) in [6.07, 6.45) is 1.47. The second-order valence-corrected chi connectivity index (χ2v) is 6.64. The van der Waals surface area contributed by atoms with Crippen LogP contribution >= 0.6 is 23.4 Å². The predicted molar refractivity (Wildman–Crippen MR) is 73.7 cm³/mol. The van der Waals surface area contributed by atoms with Crippen LogP contribution in [0.2, 0.25) is 0 Å². The van der Waals surface area contributed by atoms with Gasteiger partial charge >= 0.3 is 0 Å². The fourth-order valence-corrected chi connectivity index (χ4v) is 2.98. The zero-order valence-electron chi connectivity index (χ0n) is 10.7. The number of hydrogen-bond donors (Lipinski definition) is 0. The molecule has 0 bridgehead atoms. The first-order valence-corrected chi connectivity index (χ1v) is 7.80. The molecule has 0 saturated carbocycles. The van der Waals surface area contributed by atoms with Gasteiger partial charge in [0.2, 0.25) is 0 Å². The first-order chi connectivity index (χ1) is 7.57. The van der Waals surface area contributed by atoms with E-state index in [1.165, 1.54) is 24.5 Å². The molecule has 16 heavy (non-hydrogen) atoms. The van der Waals surface area contributed by atoms with Crippen molar-refractivity contribution in [2.75, 3.05) is 37.0 Å². The molecule has 0 amide bonds. The number of rotatable bonds is 6. The van der Waals surface area contributed by atoms with Crippen molar-refractivity contribution in [3.05, 3.63) is 0 Å². The number of alkyl halides is 1. The van der Waals surface area contributed by atoms with Gasteiger partial charge in [-0.1, -0.05) is 6.92 Å². The normalized spacial score (nSPS) is 25.9. The van der Waals surface area contributed by atoms with Gasteiger partial charge in [-0.15, -0.1) is 11.6 Å². The van der Waals surface area contributed by atoms with Crippen molar-refractivity contribution in [2.24, 2.45) is 0 Å². The monoisotopic (exact) mass is 265 g/mol. The van der Waals surface area contributed by atoms with E-state index in [2.05, 4.69) is 25.7 Å². The molecule has 1 aliphatic rings. The third-order valence-electron chi connectivity index (χ3n) is 2.69. The van der Waals surface area contributed by atoms with E-state index < -0.39 is 0 Å². The van der Waals surface area contributed by atoms with E-state index in [0.717, 1.165) is 13.1 Å². The summed E-state index contributed by atoms with van der Waals surface area (Å²) in [7, 11) is 0. The molecule has 0 aromatic heterocycles. The van der Waals surface area contributed by atoms with Gasteiger partial charge in [0, 0.05) is 19.0 Å². The average molecular weight is 266 g/mol. The van der Waals surface area contributed by atoms with Gasteiger partial charge < -0.3 is 4.74 Å². The van der Waals surface area contributed by atoms with Crippen LogP contribution < -0.4 is 0 Å². The summed E-state index contributed by atoms with van der Waals surface area (Å²) in [4.78, 5) is 2.49. The Morgan fingerprint density at radius 3 is 2.88 bits per heavy atom. The standard InChI is InChI=1S/C12H24ClNOS/c1-4-16-7-5-6-14-9-11(8-13)15-12(2,3)10-14/h11H,4-10H2,1-3H3.